The minimum absolute atomic E-state index is 0.0885. The molecule has 1 atom stereocenters. The number of nitrogens with two attached hydrogens (primary N) is 1. The number of hydrogen-bond acceptors (Lipinski definition) is 4. The van der Waals surface area contributed by atoms with Gasteiger partial charge in [-0.1, -0.05) is 18.6 Å². The van der Waals surface area contributed by atoms with Crippen molar-refractivity contribution in [2.24, 2.45) is 5.73 Å². The van der Waals surface area contributed by atoms with Gasteiger partial charge in [0, 0.05) is 17.3 Å². The molecular weight excluding hydrogens is 292 g/mol. The Bertz CT molecular complexity index is 544. The van der Waals surface area contributed by atoms with Gasteiger partial charge < -0.3 is 5.73 Å². The van der Waals surface area contributed by atoms with Crippen molar-refractivity contribution in [2.45, 2.75) is 41.9 Å². The first-order chi connectivity index (χ1) is 9.38. The lowest BCUT2D eigenvalue weighted by Gasteiger charge is -2.40. The average Bonchev–Trinajstić information content (AvgIpc) is 2.38. The second-order valence-corrected chi connectivity index (χ2v) is 8.46. The molecule has 0 bridgehead atoms. The molecule has 0 saturated heterocycles. The van der Waals surface area contributed by atoms with Crippen molar-refractivity contribution in [1.82, 2.24) is 4.72 Å². The molecule has 1 aliphatic rings. The molecule has 0 aromatic heterocycles. The summed E-state index contributed by atoms with van der Waals surface area (Å²) in [5, 5.41) is 0. The fourth-order valence-electron chi connectivity index (χ4n) is 2.28. The van der Waals surface area contributed by atoms with E-state index in [1.165, 1.54) is 6.42 Å². The van der Waals surface area contributed by atoms with Crippen LogP contribution in [0.15, 0.2) is 29.2 Å². The molecule has 4 nitrogen and oxygen atoms in total. The van der Waals surface area contributed by atoms with Crippen LogP contribution in [0.3, 0.4) is 0 Å². The maximum Gasteiger partial charge on any atom is 0.240 e. The van der Waals surface area contributed by atoms with Crippen LogP contribution >= 0.6 is 11.8 Å². The normalized spacial score (nSPS) is 19.4. The molecule has 1 saturated carbocycles. The van der Waals surface area contributed by atoms with Gasteiger partial charge in [-0.05, 0) is 43.7 Å². The van der Waals surface area contributed by atoms with Crippen LogP contribution in [0.1, 0.15) is 37.8 Å². The van der Waals surface area contributed by atoms with E-state index in [0.29, 0.717) is 11.4 Å². The summed E-state index contributed by atoms with van der Waals surface area (Å²) in [7, 11) is -3.43. The Morgan fingerprint density at radius 2 is 1.95 bits per heavy atom. The second kappa shape index (κ2) is 6.05. The average molecular weight is 314 g/mol. The number of benzene rings is 1. The van der Waals surface area contributed by atoms with Crippen molar-refractivity contribution in [3.05, 3.63) is 29.8 Å². The first-order valence-corrected chi connectivity index (χ1v) is 9.50. The number of rotatable bonds is 6. The second-order valence-electron chi connectivity index (χ2n) is 5.42. The van der Waals surface area contributed by atoms with Crippen LogP contribution in [-0.4, -0.2) is 26.0 Å². The molecule has 1 aromatic rings. The summed E-state index contributed by atoms with van der Waals surface area (Å²) in [5.74, 6) is 0. The smallest absolute Gasteiger partial charge is 0.240 e. The van der Waals surface area contributed by atoms with Gasteiger partial charge >= 0.3 is 0 Å². The van der Waals surface area contributed by atoms with E-state index in [4.69, 9.17) is 5.73 Å². The molecule has 20 heavy (non-hydrogen) atoms. The highest BCUT2D eigenvalue weighted by molar-refractivity contribution is 8.00. The van der Waals surface area contributed by atoms with E-state index in [2.05, 4.69) is 4.72 Å². The lowest BCUT2D eigenvalue weighted by molar-refractivity contribution is 0.362. The molecule has 1 unspecified atom stereocenters. The van der Waals surface area contributed by atoms with Gasteiger partial charge in [0.15, 0.2) is 0 Å². The molecule has 1 aromatic carbocycles. The van der Waals surface area contributed by atoms with Gasteiger partial charge in [0.25, 0.3) is 0 Å². The van der Waals surface area contributed by atoms with E-state index >= 15 is 0 Å². The van der Waals surface area contributed by atoms with Gasteiger partial charge in [-0.2, -0.15) is 11.8 Å². The van der Waals surface area contributed by atoms with Gasteiger partial charge in [0.05, 0.1) is 4.90 Å². The Morgan fingerprint density at radius 3 is 2.35 bits per heavy atom. The van der Waals surface area contributed by atoms with Crippen molar-refractivity contribution < 1.29 is 8.42 Å². The number of hydrogen-bond donors (Lipinski definition) is 2. The monoisotopic (exact) mass is 314 g/mol. The Kier molecular flexibility index (Phi) is 4.79. The predicted molar refractivity (Wildman–Crippen MR) is 84.3 cm³/mol. The number of sulfonamides is 1. The van der Waals surface area contributed by atoms with Crippen molar-refractivity contribution >= 4 is 21.8 Å². The standard InChI is InChI=1S/C14H22N2O2S2/c1-11(15)12-4-6-13(7-5-12)20(17,18)16-10-14(19-2)8-3-9-14/h4-7,11,16H,3,8-10,15H2,1-2H3. The van der Waals surface area contributed by atoms with Gasteiger partial charge in [0.1, 0.15) is 0 Å². The topological polar surface area (TPSA) is 72.2 Å². The maximum atomic E-state index is 12.3. The number of thioether (sulfide) groups is 1. The zero-order valence-electron chi connectivity index (χ0n) is 11.9. The Labute approximate surface area is 125 Å². The summed E-state index contributed by atoms with van der Waals surface area (Å²) in [6.07, 6.45) is 5.40. The van der Waals surface area contributed by atoms with Gasteiger partial charge in [-0.25, -0.2) is 13.1 Å². The van der Waals surface area contributed by atoms with E-state index < -0.39 is 10.0 Å². The van der Waals surface area contributed by atoms with Crippen LogP contribution in [0.4, 0.5) is 0 Å². The zero-order valence-corrected chi connectivity index (χ0v) is 13.6. The van der Waals surface area contributed by atoms with Crippen LogP contribution in [0.5, 0.6) is 0 Å². The van der Waals surface area contributed by atoms with Crippen molar-refractivity contribution in [2.75, 3.05) is 12.8 Å². The van der Waals surface area contributed by atoms with Crippen LogP contribution in [0, 0.1) is 0 Å². The van der Waals surface area contributed by atoms with Gasteiger partial charge in [-0.3, -0.25) is 0 Å². The van der Waals surface area contributed by atoms with E-state index in [1.807, 2.05) is 13.2 Å². The lowest BCUT2D eigenvalue weighted by atomic mass is 9.84. The highest BCUT2D eigenvalue weighted by Gasteiger charge is 2.37. The molecule has 0 aliphatic heterocycles. The third-order valence-electron chi connectivity index (χ3n) is 4.00. The molecule has 0 heterocycles. The molecule has 112 valence electrons. The molecule has 6 heteroatoms. The summed E-state index contributed by atoms with van der Waals surface area (Å²) in [4.78, 5) is 0.303. The minimum Gasteiger partial charge on any atom is -0.324 e. The molecule has 3 N–H and O–H groups in total. The third kappa shape index (κ3) is 3.36. The largest absolute Gasteiger partial charge is 0.324 e. The fraction of sp³-hybridized carbons (Fsp3) is 0.571. The van der Waals surface area contributed by atoms with Gasteiger partial charge in [-0.15, -0.1) is 0 Å². The van der Waals surface area contributed by atoms with E-state index in [0.717, 1.165) is 18.4 Å². The number of nitrogens with one attached hydrogen (secondary N) is 1. The van der Waals surface area contributed by atoms with Crippen LogP contribution < -0.4 is 10.5 Å². The molecular formula is C14H22N2O2S2. The highest BCUT2D eigenvalue weighted by Crippen LogP contribution is 2.42. The molecule has 0 spiro atoms. The van der Waals surface area contributed by atoms with Gasteiger partial charge in [0.2, 0.25) is 10.0 Å². The fourth-order valence-corrected chi connectivity index (χ4v) is 4.42. The van der Waals surface area contributed by atoms with Crippen LogP contribution in [-0.2, 0) is 10.0 Å². The Morgan fingerprint density at radius 1 is 1.35 bits per heavy atom. The minimum atomic E-state index is -3.43. The molecule has 2 rings (SSSR count). The SMILES string of the molecule is CSC1(CNS(=O)(=O)c2ccc(C(C)N)cc2)CCC1. The summed E-state index contributed by atoms with van der Waals surface area (Å²) in [6.45, 7) is 2.38. The predicted octanol–water partition coefficient (Wildman–Crippen LogP) is 2.27. The molecule has 1 fully saturated rings. The van der Waals surface area contributed by atoms with Crippen molar-refractivity contribution in [3.8, 4) is 0 Å². The summed E-state index contributed by atoms with van der Waals surface area (Å²) in [5.41, 5.74) is 6.70. The maximum absolute atomic E-state index is 12.3. The van der Waals surface area contributed by atoms with Crippen LogP contribution in [0.2, 0.25) is 0 Å². The zero-order chi connectivity index (χ0) is 14.8. The van der Waals surface area contributed by atoms with Crippen molar-refractivity contribution in [3.63, 3.8) is 0 Å². The first-order valence-electron chi connectivity index (χ1n) is 6.79. The molecule has 0 radical (unpaired) electrons. The van der Waals surface area contributed by atoms with Crippen LogP contribution in [0.25, 0.3) is 0 Å². The summed E-state index contributed by atoms with van der Waals surface area (Å²) in [6, 6.07) is 6.69. The highest BCUT2D eigenvalue weighted by atomic mass is 32.2. The third-order valence-corrected chi connectivity index (χ3v) is 6.83. The van der Waals surface area contributed by atoms with E-state index in [-0.39, 0.29) is 10.8 Å². The Balaban J connectivity index is 2.06. The van der Waals surface area contributed by atoms with Crippen molar-refractivity contribution in [1.29, 1.82) is 0 Å². The molecule has 1 aliphatic carbocycles. The quantitative estimate of drug-likeness (QED) is 0.845. The van der Waals surface area contributed by atoms with E-state index in [1.54, 1.807) is 36.0 Å². The summed E-state index contributed by atoms with van der Waals surface area (Å²) < 4.78 is 27.4. The summed E-state index contributed by atoms with van der Waals surface area (Å²) >= 11 is 1.76. The first kappa shape index (κ1) is 15.8. The Hall–Kier alpha value is -0.560. The molecule has 0 amide bonds. The van der Waals surface area contributed by atoms with E-state index in [9.17, 15) is 8.42 Å². The lowest BCUT2D eigenvalue weighted by Crippen LogP contribution is -2.45.